The van der Waals surface area contributed by atoms with Gasteiger partial charge in [-0.2, -0.15) is 0 Å². The van der Waals surface area contributed by atoms with Crippen LogP contribution in [0.4, 0.5) is 0 Å². The molecule has 0 radical (unpaired) electrons. The normalized spacial score (nSPS) is 11.7. The van der Waals surface area contributed by atoms with Gasteiger partial charge < -0.3 is 15.2 Å². The largest absolute Gasteiger partial charge is 0.483 e. The van der Waals surface area contributed by atoms with E-state index in [1.807, 2.05) is 61.5 Å². The molecule has 2 aromatic rings. The highest BCUT2D eigenvalue weighted by atomic mass is 16.5. The molecule has 0 aliphatic rings. The number of carbonyl (C=O) groups is 1. The van der Waals surface area contributed by atoms with Crippen LogP contribution in [0.25, 0.3) is 11.1 Å². The number of hydrogen-bond donors (Lipinski definition) is 2. The first-order chi connectivity index (χ1) is 11.2. The number of nitrogens with one attached hydrogen (secondary N) is 1. The molecule has 0 saturated carbocycles. The molecule has 0 heterocycles. The molecule has 0 fully saturated rings. The van der Waals surface area contributed by atoms with Crippen molar-refractivity contribution in [2.24, 2.45) is 0 Å². The van der Waals surface area contributed by atoms with Crippen LogP contribution in [0.15, 0.2) is 54.6 Å². The topological polar surface area (TPSA) is 58.6 Å². The molecular weight excluding hydrogens is 290 g/mol. The maximum atomic E-state index is 11.8. The quantitative estimate of drug-likeness (QED) is 0.787. The molecule has 4 heteroatoms. The van der Waals surface area contributed by atoms with Gasteiger partial charge in [-0.25, -0.2) is 0 Å². The van der Waals surface area contributed by atoms with Gasteiger partial charge in [-0.1, -0.05) is 61.9 Å². The molecule has 2 aromatic carbocycles. The Morgan fingerprint density at radius 3 is 2.57 bits per heavy atom. The molecular formula is C19H23NO3. The van der Waals surface area contributed by atoms with Gasteiger partial charge in [0, 0.05) is 12.1 Å². The zero-order chi connectivity index (χ0) is 16.5. The molecule has 122 valence electrons. The second-order valence-corrected chi connectivity index (χ2v) is 5.40. The summed E-state index contributed by atoms with van der Waals surface area (Å²) in [7, 11) is 0. The molecule has 2 N–H and O–H groups in total. The summed E-state index contributed by atoms with van der Waals surface area (Å²) < 4.78 is 5.65. The standard InChI is InChI=1S/C19H23NO3/c1-2-8-16(21)13-20-19(22)14-23-18-12-7-6-11-17(18)15-9-4-3-5-10-15/h3-7,9-12,16,21H,2,8,13-14H2,1H3,(H,20,22). The van der Waals surface area contributed by atoms with Crippen molar-refractivity contribution < 1.29 is 14.6 Å². The average Bonchev–Trinajstić information content (AvgIpc) is 2.59. The van der Waals surface area contributed by atoms with E-state index in [9.17, 15) is 9.90 Å². The van der Waals surface area contributed by atoms with Crippen molar-refractivity contribution in [2.75, 3.05) is 13.2 Å². The van der Waals surface area contributed by atoms with Crippen LogP contribution >= 0.6 is 0 Å². The molecule has 0 saturated heterocycles. The number of para-hydroxylation sites is 1. The maximum absolute atomic E-state index is 11.8. The minimum Gasteiger partial charge on any atom is -0.483 e. The number of carbonyl (C=O) groups excluding carboxylic acids is 1. The molecule has 0 aromatic heterocycles. The van der Waals surface area contributed by atoms with E-state index in [0.717, 1.165) is 17.5 Å². The highest BCUT2D eigenvalue weighted by Crippen LogP contribution is 2.29. The van der Waals surface area contributed by atoms with Crippen molar-refractivity contribution in [3.8, 4) is 16.9 Å². The van der Waals surface area contributed by atoms with Gasteiger partial charge in [-0.05, 0) is 18.1 Å². The predicted octanol–water partition coefficient (Wildman–Crippen LogP) is 3.01. The summed E-state index contributed by atoms with van der Waals surface area (Å²) in [5.74, 6) is 0.436. The van der Waals surface area contributed by atoms with Crippen LogP contribution in [0, 0.1) is 0 Å². The van der Waals surface area contributed by atoms with E-state index in [2.05, 4.69) is 5.32 Å². The van der Waals surface area contributed by atoms with Gasteiger partial charge in [-0.15, -0.1) is 0 Å². The molecule has 1 amide bonds. The highest BCUT2D eigenvalue weighted by Gasteiger charge is 2.09. The van der Waals surface area contributed by atoms with Crippen molar-refractivity contribution in [3.63, 3.8) is 0 Å². The molecule has 23 heavy (non-hydrogen) atoms. The molecule has 0 spiro atoms. The molecule has 0 bridgehead atoms. The van der Waals surface area contributed by atoms with E-state index < -0.39 is 6.10 Å². The zero-order valence-corrected chi connectivity index (χ0v) is 13.4. The van der Waals surface area contributed by atoms with Gasteiger partial charge in [0.1, 0.15) is 5.75 Å². The van der Waals surface area contributed by atoms with Crippen LogP contribution in [0.1, 0.15) is 19.8 Å². The number of hydrogen-bond acceptors (Lipinski definition) is 3. The summed E-state index contributed by atoms with van der Waals surface area (Å²) in [6.07, 6.45) is 1.07. The first-order valence-corrected chi connectivity index (χ1v) is 7.92. The van der Waals surface area contributed by atoms with Crippen molar-refractivity contribution in [3.05, 3.63) is 54.6 Å². The summed E-state index contributed by atoms with van der Waals surface area (Å²) in [6.45, 7) is 2.19. The third kappa shape index (κ3) is 5.42. The van der Waals surface area contributed by atoms with E-state index in [1.54, 1.807) is 0 Å². The molecule has 2 rings (SSSR count). The monoisotopic (exact) mass is 313 g/mol. The van der Waals surface area contributed by atoms with Gasteiger partial charge in [0.05, 0.1) is 6.10 Å². The molecule has 1 atom stereocenters. The number of ether oxygens (including phenoxy) is 1. The Labute approximate surface area is 137 Å². The van der Waals surface area contributed by atoms with E-state index in [-0.39, 0.29) is 19.1 Å². The van der Waals surface area contributed by atoms with Crippen LogP contribution in [0.5, 0.6) is 5.75 Å². The van der Waals surface area contributed by atoms with E-state index in [0.29, 0.717) is 12.2 Å². The van der Waals surface area contributed by atoms with Crippen LogP contribution in [-0.2, 0) is 4.79 Å². The minimum atomic E-state index is -0.499. The summed E-state index contributed by atoms with van der Waals surface area (Å²) in [5.41, 5.74) is 1.99. The fourth-order valence-electron chi connectivity index (χ4n) is 2.31. The summed E-state index contributed by atoms with van der Waals surface area (Å²) in [4.78, 5) is 11.8. The van der Waals surface area contributed by atoms with Crippen LogP contribution in [0.2, 0.25) is 0 Å². The van der Waals surface area contributed by atoms with Crippen LogP contribution < -0.4 is 10.1 Å². The predicted molar refractivity (Wildman–Crippen MR) is 91.3 cm³/mol. The van der Waals surface area contributed by atoms with Crippen molar-refractivity contribution >= 4 is 5.91 Å². The lowest BCUT2D eigenvalue weighted by atomic mass is 10.1. The third-order valence-corrected chi connectivity index (χ3v) is 3.49. The fraction of sp³-hybridized carbons (Fsp3) is 0.316. The second kappa shape index (κ2) is 8.96. The number of amides is 1. The Hall–Kier alpha value is -2.33. The smallest absolute Gasteiger partial charge is 0.258 e. The van der Waals surface area contributed by atoms with Crippen molar-refractivity contribution in [1.82, 2.24) is 5.32 Å². The highest BCUT2D eigenvalue weighted by molar-refractivity contribution is 5.78. The SMILES string of the molecule is CCCC(O)CNC(=O)COc1ccccc1-c1ccccc1. The summed E-state index contributed by atoms with van der Waals surface area (Å²) in [6, 6.07) is 17.5. The average molecular weight is 313 g/mol. The van der Waals surface area contributed by atoms with E-state index >= 15 is 0 Å². The molecule has 0 aliphatic heterocycles. The van der Waals surface area contributed by atoms with Crippen molar-refractivity contribution in [2.45, 2.75) is 25.9 Å². The molecule has 1 unspecified atom stereocenters. The maximum Gasteiger partial charge on any atom is 0.258 e. The van der Waals surface area contributed by atoms with Crippen LogP contribution in [0.3, 0.4) is 0 Å². The number of rotatable bonds is 8. The van der Waals surface area contributed by atoms with Gasteiger partial charge >= 0.3 is 0 Å². The van der Waals surface area contributed by atoms with Gasteiger partial charge in [-0.3, -0.25) is 4.79 Å². The third-order valence-electron chi connectivity index (χ3n) is 3.49. The Kier molecular flexibility index (Phi) is 6.63. The zero-order valence-electron chi connectivity index (χ0n) is 13.4. The molecule has 0 aliphatic carbocycles. The number of aliphatic hydroxyl groups is 1. The number of benzene rings is 2. The van der Waals surface area contributed by atoms with Crippen molar-refractivity contribution in [1.29, 1.82) is 0 Å². The van der Waals surface area contributed by atoms with E-state index in [1.165, 1.54) is 0 Å². The second-order valence-electron chi connectivity index (χ2n) is 5.40. The lowest BCUT2D eigenvalue weighted by molar-refractivity contribution is -0.123. The van der Waals surface area contributed by atoms with Gasteiger partial charge in [0.25, 0.3) is 5.91 Å². The fourth-order valence-corrected chi connectivity index (χ4v) is 2.31. The Balaban J connectivity index is 1.92. The first kappa shape index (κ1) is 17.0. The first-order valence-electron chi connectivity index (χ1n) is 7.92. The molecule has 4 nitrogen and oxygen atoms in total. The lowest BCUT2D eigenvalue weighted by Gasteiger charge is -2.13. The Morgan fingerprint density at radius 2 is 1.83 bits per heavy atom. The number of aliphatic hydroxyl groups excluding tert-OH is 1. The lowest BCUT2D eigenvalue weighted by Crippen LogP contribution is -2.35. The van der Waals surface area contributed by atoms with E-state index in [4.69, 9.17) is 4.74 Å². The van der Waals surface area contributed by atoms with Gasteiger partial charge in [0.15, 0.2) is 6.61 Å². The minimum absolute atomic E-state index is 0.0668. The summed E-state index contributed by atoms with van der Waals surface area (Å²) >= 11 is 0. The Morgan fingerprint density at radius 1 is 1.13 bits per heavy atom. The van der Waals surface area contributed by atoms with Gasteiger partial charge in [0.2, 0.25) is 0 Å². The summed E-state index contributed by atoms with van der Waals surface area (Å²) in [5, 5.41) is 12.3. The Bertz CT molecular complexity index is 613. The van der Waals surface area contributed by atoms with Crippen LogP contribution in [-0.4, -0.2) is 30.3 Å².